The molecule has 1 aromatic carbocycles. The Kier molecular flexibility index (Phi) is 5.13. The summed E-state index contributed by atoms with van der Waals surface area (Å²) in [7, 11) is 0. The van der Waals surface area contributed by atoms with Crippen molar-refractivity contribution in [3.05, 3.63) is 28.2 Å². The fourth-order valence-corrected chi connectivity index (χ4v) is 4.79. The number of nitriles is 1. The van der Waals surface area contributed by atoms with Gasteiger partial charge in [0.05, 0.1) is 5.56 Å². The van der Waals surface area contributed by atoms with Crippen LogP contribution in [-0.4, -0.2) is 36.6 Å². The van der Waals surface area contributed by atoms with Gasteiger partial charge in [-0.15, -0.1) is 0 Å². The zero-order valence-electron chi connectivity index (χ0n) is 15.9. The van der Waals surface area contributed by atoms with Crippen molar-refractivity contribution in [1.29, 1.82) is 5.26 Å². The molecule has 7 heteroatoms. The van der Waals surface area contributed by atoms with E-state index in [4.69, 9.17) is 10.00 Å². The molecule has 6 nitrogen and oxygen atoms in total. The molecule has 0 bridgehead atoms. The molecule has 0 saturated heterocycles. The molecular weight excluding hydrogens is 408 g/mol. The molecule has 1 aromatic rings. The Morgan fingerprint density at radius 2 is 2.04 bits per heavy atom. The number of hydrogen-bond acceptors (Lipinski definition) is 5. The number of aliphatic imine (C=N–C) groups is 2. The van der Waals surface area contributed by atoms with Crippen LogP contribution < -0.4 is 10.1 Å². The molecule has 1 saturated carbocycles. The Balaban J connectivity index is 1.75. The van der Waals surface area contributed by atoms with Crippen LogP contribution in [0.15, 0.2) is 32.7 Å². The van der Waals surface area contributed by atoms with Crippen LogP contribution in [0.25, 0.3) is 0 Å². The standard InChI is InChI=1S/C20H23BrN4O2/c1-19(2)17(25-16(26)15-23-8-5-9-24-15)20(3,4)18(19)27-13-7-6-12(11-22)14(21)10-13/h6-8,10,17-18H,5,9H2,1-4H3,(H,25,26). The molecule has 0 spiro atoms. The molecule has 0 aromatic heterocycles. The first-order chi connectivity index (χ1) is 12.7. The van der Waals surface area contributed by atoms with Crippen LogP contribution in [0, 0.1) is 22.2 Å². The van der Waals surface area contributed by atoms with Crippen molar-refractivity contribution in [2.24, 2.45) is 20.8 Å². The minimum atomic E-state index is -0.279. The minimum absolute atomic E-state index is 0.0795. The number of amidine groups is 1. The van der Waals surface area contributed by atoms with E-state index in [1.165, 1.54) is 0 Å². The normalized spacial score (nSPS) is 25.0. The maximum atomic E-state index is 12.5. The van der Waals surface area contributed by atoms with Gasteiger partial charge in [0.15, 0.2) is 0 Å². The summed E-state index contributed by atoms with van der Waals surface area (Å²) in [5.41, 5.74) is 0.00479. The number of halogens is 1. The second kappa shape index (κ2) is 7.08. The molecule has 1 fully saturated rings. The van der Waals surface area contributed by atoms with Gasteiger partial charge in [0, 0.05) is 40.5 Å². The number of carbonyl (C=O) groups excluding carboxylic acids is 1. The van der Waals surface area contributed by atoms with E-state index in [-0.39, 0.29) is 34.7 Å². The summed E-state index contributed by atoms with van der Waals surface area (Å²) >= 11 is 3.40. The van der Waals surface area contributed by atoms with Crippen LogP contribution in [-0.2, 0) is 4.79 Å². The second-order valence-corrected chi connectivity index (χ2v) is 8.96. The zero-order chi connectivity index (χ0) is 19.8. The largest absolute Gasteiger partial charge is 0.489 e. The van der Waals surface area contributed by atoms with E-state index in [2.05, 4.69) is 65.0 Å². The number of amides is 1. The van der Waals surface area contributed by atoms with Gasteiger partial charge >= 0.3 is 0 Å². The van der Waals surface area contributed by atoms with Crippen LogP contribution in [0.5, 0.6) is 5.75 Å². The Morgan fingerprint density at radius 1 is 1.33 bits per heavy atom. The van der Waals surface area contributed by atoms with Gasteiger partial charge in [0.25, 0.3) is 5.91 Å². The average molecular weight is 431 g/mol. The van der Waals surface area contributed by atoms with E-state index >= 15 is 0 Å². The lowest BCUT2D eigenvalue weighted by Crippen LogP contribution is -2.75. The first kappa shape index (κ1) is 19.6. The summed E-state index contributed by atoms with van der Waals surface area (Å²) in [5, 5.41) is 12.2. The van der Waals surface area contributed by atoms with Crippen molar-refractivity contribution in [3.63, 3.8) is 0 Å². The van der Waals surface area contributed by atoms with Gasteiger partial charge in [-0.2, -0.15) is 5.26 Å². The van der Waals surface area contributed by atoms with Gasteiger partial charge in [0.1, 0.15) is 17.9 Å². The smallest absolute Gasteiger partial charge is 0.288 e. The van der Waals surface area contributed by atoms with Crippen molar-refractivity contribution >= 4 is 33.9 Å². The fraction of sp³-hybridized carbons (Fsp3) is 0.500. The highest BCUT2D eigenvalue weighted by Gasteiger charge is 2.64. The molecule has 0 unspecified atom stereocenters. The lowest BCUT2D eigenvalue weighted by Gasteiger charge is -2.63. The van der Waals surface area contributed by atoms with Gasteiger partial charge in [-0.3, -0.25) is 9.79 Å². The molecule has 1 heterocycles. The quantitative estimate of drug-likeness (QED) is 0.792. The van der Waals surface area contributed by atoms with E-state index in [1.54, 1.807) is 18.3 Å². The number of nitrogens with zero attached hydrogens (tertiary/aromatic N) is 3. The predicted octanol–water partition coefficient (Wildman–Crippen LogP) is 3.49. The highest BCUT2D eigenvalue weighted by Crippen LogP contribution is 2.55. The van der Waals surface area contributed by atoms with Crippen molar-refractivity contribution < 1.29 is 9.53 Å². The molecule has 0 atom stereocenters. The predicted molar refractivity (Wildman–Crippen MR) is 108 cm³/mol. The van der Waals surface area contributed by atoms with Gasteiger partial charge in [-0.1, -0.05) is 27.7 Å². The third-order valence-corrected chi connectivity index (χ3v) is 6.02. The van der Waals surface area contributed by atoms with Crippen LogP contribution in [0.3, 0.4) is 0 Å². The number of ether oxygens (including phenoxy) is 1. The Bertz CT molecular complexity index is 851. The van der Waals surface area contributed by atoms with Crippen molar-refractivity contribution in [3.8, 4) is 11.8 Å². The van der Waals surface area contributed by atoms with E-state index in [1.807, 2.05) is 6.07 Å². The lowest BCUT2D eigenvalue weighted by atomic mass is 9.49. The third-order valence-electron chi connectivity index (χ3n) is 5.37. The van der Waals surface area contributed by atoms with Crippen molar-refractivity contribution in [1.82, 2.24) is 5.32 Å². The van der Waals surface area contributed by atoms with Crippen LogP contribution in [0.2, 0.25) is 0 Å². The van der Waals surface area contributed by atoms with E-state index in [0.717, 1.165) is 6.42 Å². The molecule has 27 heavy (non-hydrogen) atoms. The average Bonchev–Trinajstić information content (AvgIpc) is 2.64. The maximum absolute atomic E-state index is 12.5. The highest BCUT2D eigenvalue weighted by molar-refractivity contribution is 9.10. The van der Waals surface area contributed by atoms with Gasteiger partial charge in [-0.25, -0.2) is 4.99 Å². The topological polar surface area (TPSA) is 86.8 Å². The molecule has 2 aliphatic rings. The molecular formula is C20H23BrN4O2. The van der Waals surface area contributed by atoms with Crippen molar-refractivity contribution in [2.45, 2.75) is 46.3 Å². The van der Waals surface area contributed by atoms with E-state index in [0.29, 0.717) is 22.3 Å². The van der Waals surface area contributed by atoms with Crippen LogP contribution in [0.1, 0.15) is 39.7 Å². The lowest BCUT2D eigenvalue weighted by molar-refractivity contribution is -0.171. The van der Waals surface area contributed by atoms with Gasteiger partial charge in [-0.05, 0) is 34.1 Å². The van der Waals surface area contributed by atoms with Gasteiger partial charge < -0.3 is 10.1 Å². The van der Waals surface area contributed by atoms with E-state index < -0.39 is 0 Å². The summed E-state index contributed by atoms with van der Waals surface area (Å²) in [4.78, 5) is 20.8. The SMILES string of the molecule is CC1(C)C(NC(=O)C2=NCCC=N2)C(C)(C)C1Oc1ccc(C#N)c(Br)c1. The molecule has 1 aliphatic carbocycles. The molecule has 1 N–H and O–H groups in total. The van der Waals surface area contributed by atoms with Crippen LogP contribution >= 0.6 is 15.9 Å². The third kappa shape index (κ3) is 3.51. The fourth-order valence-electron chi connectivity index (χ4n) is 4.34. The molecule has 142 valence electrons. The van der Waals surface area contributed by atoms with E-state index in [9.17, 15) is 4.79 Å². The van der Waals surface area contributed by atoms with Crippen LogP contribution in [0.4, 0.5) is 0 Å². The zero-order valence-corrected chi connectivity index (χ0v) is 17.5. The monoisotopic (exact) mass is 430 g/mol. The Morgan fingerprint density at radius 3 is 2.59 bits per heavy atom. The maximum Gasteiger partial charge on any atom is 0.288 e. The Hall–Kier alpha value is -2.20. The van der Waals surface area contributed by atoms with Gasteiger partial charge in [0.2, 0.25) is 5.84 Å². The number of hydrogen-bond donors (Lipinski definition) is 1. The first-order valence-corrected chi connectivity index (χ1v) is 9.71. The summed E-state index contributed by atoms with van der Waals surface area (Å²) < 4.78 is 6.97. The summed E-state index contributed by atoms with van der Waals surface area (Å²) in [6, 6.07) is 7.38. The number of rotatable bonds is 4. The molecule has 3 rings (SSSR count). The second-order valence-electron chi connectivity index (χ2n) is 8.11. The molecule has 1 aliphatic heterocycles. The number of carbonyl (C=O) groups is 1. The highest BCUT2D eigenvalue weighted by atomic mass is 79.9. The molecule has 0 radical (unpaired) electrons. The summed E-state index contributed by atoms with van der Waals surface area (Å²) in [6.07, 6.45) is 2.40. The molecule has 1 amide bonds. The first-order valence-electron chi connectivity index (χ1n) is 8.92. The van der Waals surface area contributed by atoms with Crippen molar-refractivity contribution in [2.75, 3.05) is 6.54 Å². The Labute approximate surface area is 167 Å². The summed E-state index contributed by atoms with van der Waals surface area (Å²) in [5.74, 6) is 0.697. The number of benzene rings is 1. The summed E-state index contributed by atoms with van der Waals surface area (Å²) in [6.45, 7) is 8.93. The number of nitrogens with one attached hydrogen (secondary N) is 1. The minimum Gasteiger partial charge on any atom is -0.489 e.